The van der Waals surface area contributed by atoms with Crippen LogP contribution in [0.4, 0.5) is 4.39 Å². The fraction of sp³-hybridized carbons (Fsp3) is 0.562. The van der Waals surface area contributed by atoms with Crippen molar-refractivity contribution in [1.29, 1.82) is 0 Å². The van der Waals surface area contributed by atoms with Crippen LogP contribution in [-0.2, 0) is 19.5 Å². The molecule has 0 aromatic heterocycles. The monoisotopic (exact) mass is 292 g/mol. The van der Waals surface area contributed by atoms with E-state index in [1.807, 2.05) is 34.6 Å². The van der Waals surface area contributed by atoms with Gasteiger partial charge in [0.15, 0.2) is 0 Å². The maximum Gasteiger partial charge on any atom is 0.459 e. The Hall–Kier alpha value is -1.20. The molecule has 1 fully saturated rings. The van der Waals surface area contributed by atoms with Gasteiger partial charge in [0.1, 0.15) is 12.1 Å². The first kappa shape index (κ1) is 16.2. The molecular weight excluding hydrogens is 270 g/mol. The molecule has 0 saturated carbocycles. The molecule has 114 valence electrons. The van der Waals surface area contributed by atoms with Crippen molar-refractivity contribution in [3.05, 3.63) is 35.6 Å². The number of aldehydes is 1. The van der Waals surface area contributed by atoms with Gasteiger partial charge in [0, 0.05) is 5.41 Å². The second kappa shape index (κ2) is 5.22. The molecule has 2 rings (SSSR count). The first-order chi connectivity index (χ1) is 9.60. The molecule has 1 aromatic carbocycles. The molecule has 1 atom stereocenters. The summed E-state index contributed by atoms with van der Waals surface area (Å²) in [5.41, 5.74) is -0.864. The lowest BCUT2D eigenvalue weighted by molar-refractivity contribution is -0.111. The van der Waals surface area contributed by atoms with Crippen LogP contribution in [0.3, 0.4) is 0 Å². The number of hydrogen-bond acceptors (Lipinski definition) is 3. The average Bonchev–Trinajstić information content (AvgIpc) is 2.57. The van der Waals surface area contributed by atoms with Crippen LogP contribution in [0, 0.1) is 5.82 Å². The van der Waals surface area contributed by atoms with Crippen LogP contribution in [0.5, 0.6) is 0 Å². The summed E-state index contributed by atoms with van der Waals surface area (Å²) < 4.78 is 25.0. The van der Waals surface area contributed by atoms with Gasteiger partial charge in [-0.2, -0.15) is 0 Å². The summed E-state index contributed by atoms with van der Waals surface area (Å²) >= 11 is 0. The van der Waals surface area contributed by atoms with Gasteiger partial charge in [-0.05, 0) is 58.6 Å². The average molecular weight is 292 g/mol. The third kappa shape index (κ3) is 3.04. The number of carbonyl (C=O) groups is 1. The van der Waals surface area contributed by atoms with Gasteiger partial charge in [-0.1, -0.05) is 12.1 Å². The molecule has 0 aliphatic carbocycles. The van der Waals surface area contributed by atoms with Crippen molar-refractivity contribution in [3.63, 3.8) is 0 Å². The molecule has 1 aliphatic rings. The van der Waals surface area contributed by atoms with Crippen LogP contribution in [0.25, 0.3) is 0 Å². The predicted octanol–water partition coefficient (Wildman–Crippen LogP) is 3.37. The minimum Gasteiger partial charge on any atom is -0.403 e. The Morgan fingerprint density at radius 3 is 2.05 bits per heavy atom. The minimum absolute atomic E-state index is 0.317. The van der Waals surface area contributed by atoms with E-state index in [1.165, 1.54) is 12.1 Å². The lowest BCUT2D eigenvalue weighted by atomic mass is 9.66. The van der Waals surface area contributed by atoms with E-state index in [4.69, 9.17) is 9.31 Å². The highest BCUT2D eigenvalue weighted by molar-refractivity contribution is 6.46. The zero-order valence-electron chi connectivity index (χ0n) is 13.3. The first-order valence-electron chi connectivity index (χ1n) is 7.18. The Morgan fingerprint density at radius 2 is 1.62 bits per heavy atom. The highest BCUT2D eigenvalue weighted by Crippen LogP contribution is 2.40. The Morgan fingerprint density at radius 1 is 1.14 bits per heavy atom. The summed E-state index contributed by atoms with van der Waals surface area (Å²) in [6, 6.07) is 5.99. The molecule has 1 saturated heterocycles. The highest BCUT2D eigenvalue weighted by atomic mass is 19.1. The summed E-state index contributed by atoms with van der Waals surface area (Å²) in [5, 5.41) is 0. The first-order valence-corrected chi connectivity index (χ1v) is 7.18. The van der Waals surface area contributed by atoms with E-state index in [1.54, 1.807) is 12.1 Å². The van der Waals surface area contributed by atoms with Crippen LogP contribution in [0.1, 0.15) is 40.2 Å². The van der Waals surface area contributed by atoms with Crippen molar-refractivity contribution in [3.8, 4) is 0 Å². The lowest BCUT2D eigenvalue weighted by Crippen LogP contribution is -2.41. The van der Waals surface area contributed by atoms with Crippen LogP contribution >= 0.6 is 0 Å². The van der Waals surface area contributed by atoms with E-state index in [0.29, 0.717) is 6.32 Å². The van der Waals surface area contributed by atoms with E-state index in [2.05, 4.69) is 0 Å². The summed E-state index contributed by atoms with van der Waals surface area (Å²) in [4.78, 5) is 11.6. The second-order valence-electron chi connectivity index (χ2n) is 6.93. The van der Waals surface area contributed by atoms with Gasteiger partial charge in [-0.15, -0.1) is 0 Å². The summed E-state index contributed by atoms with van der Waals surface area (Å²) in [5.74, 6) is -0.317. The van der Waals surface area contributed by atoms with Crippen molar-refractivity contribution >= 4 is 13.4 Å². The van der Waals surface area contributed by atoms with Crippen molar-refractivity contribution < 1.29 is 18.5 Å². The van der Waals surface area contributed by atoms with Crippen molar-refractivity contribution in [2.75, 3.05) is 0 Å². The maximum absolute atomic E-state index is 13.0. The van der Waals surface area contributed by atoms with Gasteiger partial charge in [-0.3, -0.25) is 0 Å². The van der Waals surface area contributed by atoms with Crippen molar-refractivity contribution in [2.45, 2.75) is 57.6 Å². The molecule has 0 amide bonds. The summed E-state index contributed by atoms with van der Waals surface area (Å²) in [7, 11) is -0.463. The zero-order chi connectivity index (χ0) is 15.9. The Labute approximate surface area is 126 Å². The van der Waals surface area contributed by atoms with E-state index in [9.17, 15) is 9.18 Å². The van der Waals surface area contributed by atoms with Crippen LogP contribution < -0.4 is 0 Å². The van der Waals surface area contributed by atoms with Crippen LogP contribution in [-0.4, -0.2) is 24.6 Å². The molecule has 0 radical (unpaired) electrons. The van der Waals surface area contributed by atoms with E-state index >= 15 is 0 Å². The second-order valence-corrected chi connectivity index (χ2v) is 6.93. The molecule has 1 aliphatic heterocycles. The van der Waals surface area contributed by atoms with Crippen molar-refractivity contribution in [1.82, 2.24) is 0 Å². The third-order valence-electron chi connectivity index (χ3n) is 4.66. The molecule has 1 heterocycles. The van der Waals surface area contributed by atoms with Gasteiger partial charge in [-0.25, -0.2) is 4.39 Å². The Balaban J connectivity index is 2.20. The van der Waals surface area contributed by atoms with Crippen LogP contribution in [0.15, 0.2) is 24.3 Å². The topological polar surface area (TPSA) is 35.5 Å². The molecule has 21 heavy (non-hydrogen) atoms. The van der Waals surface area contributed by atoms with Crippen LogP contribution in [0.2, 0.25) is 6.32 Å². The lowest BCUT2D eigenvalue weighted by Gasteiger charge is -2.32. The summed E-state index contributed by atoms with van der Waals surface area (Å²) in [6.07, 6.45) is 1.28. The number of hydrogen-bond donors (Lipinski definition) is 0. The zero-order valence-corrected chi connectivity index (χ0v) is 13.3. The fourth-order valence-corrected chi connectivity index (χ4v) is 2.46. The molecular formula is C16H22BFO3. The van der Waals surface area contributed by atoms with E-state index in [0.717, 1.165) is 11.8 Å². The molecule has 3 nitrogen and oxygen atoms in total. The number of halogens is 1. The van der Waals surface area contributed by atoms with Gasteiger partial charge in [0.05, 0.1) is 11.2 Å². The standard InChI is InChI=1S/C16H22BFO3/c1-14(2)15(3,4)21-17(20-14)10-16(5,11-19)12-6-8-13(18)9-7-12/h6-9,11H,10H2,1-5H3. The van der Waals surface area contributed by atoms with Gasteiger partial charge in [0.2, 0.25) is 0 Å². The predicted molar refractivity (Wildman–Crippen MR) is 80.7 cm³/mol. The maximum atomic E-state index is 13.0. The fourth-order valence-electron chi connectivity index (χ4n) is 2.46. The molecule has 1 aromatic rings. The van der Waals surface area contributed by atoms with E-state index in [-0.39, 0.29) is 5.82 Å². The molecule has 0 spiro atoms. The quantitative estimate of drug-likeness (QED) is 0.630. The summed E-state index contributed by atoms with van der Waals surface area (Å²) in [6.45, 7) is 9.72. The number of carbonyl (C=O) groups excluding carboxylic acids is 1. The Bertz CT molecular complexity index is 511. The van der Waals surface area contributed by atoms with Gasteiger partial charge < -0.3 is 14.1 Å². The minimum atomic E-state index is -0.769. The smallest absolute Gasteiger partial charge is 0.403 e. The molecule has 0 N–H and O–H groups in total. The highest BCUT2D eigenvalue weighted by Gasteiger charge is 2.52. The number of benzene rings is 1. The largest absolute Gasteiger partial charge is 0.459 e. The molecule has 1 unspecified atom stereocenters. The number of rotatable bonds is 4. The normalized spacial score (nSPS) is 22.9. The van der Waals surface area contributed by atoms with E-state index < -0.39 is 23.7 Å². The van der Waals surface area contributed by atoms with Gasteiger partial charge >= 0.3 is 7.12 Å². The SMILES string of the molecule is CC(C=O)(CB1OC(C)(C)C(C)(C)O1)c1ccc(F)cc1. The molecule has 0 bridgehead atoms. The Kier molecular flexibility index (Phi) is 4.02. The van der Waals surface area contributed by atoms with Crippen molar-refractivity contribution in [2.24, 2.45) is 0 Å². The third-order valence-corrected chi connectivity index (χ3v) is 4.66. The molecule has 5 heteroatoms. The van der Waals surface area contributed by atoms with Gasteiger partial charge in [0.25, 0.3) is 0 Å².